The maximum atomic E-state index is 13.2. The molecular weight excluding hydrogens is 267 g/mol. The molecule has 0 aliphatic rings. The Morgan fingerprint density at radius 1 is 1.10 bits per heavy atom. The van der Waals surface area contributed by atoms with Gasteiger partial charge in [0.05, 0.1) is 6.04 Å². The van der Waals surface area contributed by atoms with Gasteiger partial charge < -0.3 is 5.73 Å². The van der Waals surface area contributed by atoms with Gasteiger partial charge in [-0.1, -0.05) is 42.5 Å². The monoisotopic (exact) mass is 282 g/mol. The van der Waals surface area contributed by atoms with Crippen molar-refractivity contribution in [2.75, 3.05) is 0 Å². The highest BCUT2D eigenvalue weighted by molar-refractivity contribution is 5.54. The predicted octanol–water partition coefficient (Wildman–Crippen LogP) is 2.85. The van der Waals surface area contributed by atoms with E-state index < -0.39 is 0 Å². The summed E-state index contributed by atoms with van der Waals surface area (Å²) in [5.74, 6) is 0.735. The molecule has 0 saturated carbocycles. The molecule has 0 saturated heterocycles. The number of halogens is 1. The average Bonchev–Trinajstić information content (AvgIpc) is 2.98. The number of nitrogens with zero attached hydrogens (tertiary/aromatic N) is 2. The van der Waals surface area contributed by atoms with Crippen molar-refractivity contribution in [1.29, 1.82) is 0 Å². The minimum atomic E-state index is -0.313. The summed E-state index contributed by atoms with van der Waals surface area (Å²) in [6.45, 7) is 0. The van der Waals surface area contributed by atoms with Crippen LogP contribution in [0.4, 0.5) is 4.39 Å². The quantitative estimate of drug-likeness (QED) is 0.773. The summed E-state index contributed by atoms with van der Waals surface area (Å²) in [5, 5.41) is 6.94. The van der Waals surface area contributed by atoms with E-state index in [1.807, 2.05) is 30.3 Å². The van der Waals surface area contributed by atoms with Crippen molar-refractivity contribution in [3.05, 3.63) is 71.8 Å². The fraction of sp³-hybridized carbons (Fsp3) is 0.125. The first-order chi connectivity index (χ1) is 10.2. The summed E-state index contributed by atoms with van der Waals surface area (Å²) >= 11 is 0. The van der Waals surface area contributed by atoms with Crippen LogP contribution in [0.3, 0.4) is 0 Å². The summed E-state index contributed by atoms with van der Waals surface area (Å²) in [7, 11) is 0. The van der Waals surface area contributed by atoms with E-state index in [-0.39, 0.29) is 11.9 Å². The Hall–Kier alpha value is -2.53. The highest BCUT2D eigenvalue weighted by Crippen LogP contribution is 2.18. The molecule has 1 atom stereocenters. The second kappa shape index (κ2) is 5.85. The van der Waals surface area contributed by atoms with Gasteiger partial charge >= 0.3 is 0 Å². The van der Waals surface area contributed by atoms with Crippen molar-refractivity contribution in [1.82, 2.24) is 15.2 Å². The smallest absolute Gasteiger partial charge is 0.181 e. The number of H-pyrrole nitrogens is 1. The standard InChI is InChI=1S/C16H15FN4/c17-13-8-4-7-12(10-13)15-19-16(21-20-15)14(18)9-11-5-2-1-3-6-11/h1-8,10,14H,9,18H2,(H,19,20,21). The first-order valence-corrected chi connectivity index (χ1v) is 6.70. The largest absolute Gasteiger partial charge is 0.321 e. The molecule has 0 fully saturated rings. The maximum Gasteiger partial charge on any atom is 0.181 e. The van der Waals surface area contributed by atoms with Crippen molar-refractivity contribution >= 4 is 0 Å². The van der Waals surface area contributed by atoms with Gasteiger partial charge in [0.15, 0.2) is 5.82 Å². The minimum Gasteiger partial charge on any atom is -0.321 e. The van der Waals surface area contributed by atoms with Gasteiger partial charge in [0, 0.05) is 5.56 Å². The van der Waals surface area contributed by atoms with Gasteiger partial charge in [-0.3, -0.25) is 5.10 Å². The number of hydrogen-bond donors (Lipinski definition) is 2. The normalized spacial score (nSPS) is 12.3. The Morgan fingerprint density at radius 2 is 1.90 bits per heavy atom. The highest BCUT2D eigenvalue weighted by Gasteiger charge is 2.13. The van der Waals surface area contributed by atoms with Gasteiger partial charge in [0.1, 0.15) is 11.6 Å². The fourth-order valence-electron chi connectivity index (χ4n) is 2.16. The van der Waals surface area contributed by atoms with Gasteiger partial charge in [-0.15, -0.1) is 0 Å². The van der Waals surface area contributed by atoms with E-state index in [2.05, 4.69) is 15.2 Å². The van der Waals surface area contributed by atoms with Crippen LogP contribution in [0.2, 0.25) is 0 Å². The SMILES string of the molecule is NC(Cc1ccccc1)c1nc(-c2cccc(F)c2)n[nH]1. The van der Waals surface area contributed by atoms with E-state index in [0.29, 0.717) is 23.6 Å². The second-order valence-electron chi connectivity index (χ2n) is 4.85. The lowest BCUT2D eigenvalue weighted by molar-refractivity contribution is 0.628. The molecule has 4 nitrogen and oxygen atoms in total. The topological polar surface area (TPSA) is 67.6 Å². The van der Waals surface area contributed by atoms with Crippen LogP contribution >= 0.6 is 0 Å². The fourth-order valence-corrected chi connectivity index (χ4v) is 2.16. The molecule has 5 heteroatoms. The molecule has 1 heterocycles. The summed E-state index contributed by atoms with van der Waals surface area (Å²) in [5.41, 5.74) is 7.90. The number of nitrogens with two attached hydrogens (primary N) is 1. The van der Waals surface area contributed by atoms with E-state index in [1.54, 1.807) is 12.1 Å². The van der Waals surface area contributed by atoms with Crippen molar-refractivity contribution < 1.29 is 4.39 Å². The van der Waals surface area contributed by atoms with Gasteiger partial charge in [0.25, 0.3) is 0 Å². The first-order valence-electron chi connectivity index (χ1n) is 6.70. The van der Waals surface area contributed by atoms with Crippen LogP contribution in [-0.2, 0) is 6.42 Å². The average molecular weight is 282 g/mol. The Kier molecular flexibility index (Phi) is 3.75. The van der Waals surface area contributed by atoms with Crippen LogP contribution < -0.4 is 5.73 Å². The lowest BCUT2D eigenvalue weighted by atomic mass is 10.1. The summed E-state index contributed by atoms with van der Waals surface area (Å²) in [6.07, 6.45) is 0.665. The molecule has 0 aliphatic carbocycles. The molecule has 3 rings (SSSR count). The first kappa shape index (κ1) is 13.5. The molecule has 1 unspecified atom stereocenters. The van der Waals surface area contributed by atoms with Crippen molar-refractivity contribution in [2.45, 2.75) is 12.5 Å². The molecule has 0 spiro atoms. The van der Waals surface area contributed by atoms with Gasteiger partial charge in [-0.05, 0) is 24.1 Å². The molecule has 0 bridgehead atoms. The second-order valence-corrected chi connectivity index (χ2v) is 4.85. The number of rotatable bonds is 4. The zero-order valence-corrected chi connectivity index (χ0v) is 11.3. The van der Waals surface area contributed by atoms with Crippen molar-refractivity contribution in [2.24, 2.45) is 5.73 Å². The number of aromatic amines is 1. The summed E-state index contributed by atoms with van der Waals surface area (Å²) < 4.78 is 13.2. The zero-order valence-electron chi connectivity index (χ0n) is 11.3. The number of aromatic nitrogens is 3. The molecule has 3 aromatic rings. The van der Waals surface area contributed by atoms with E-state index in [1.165, 1.54) is 12.1 Å². The van der Waals surface area contributed by atoms with E-state index in [4.69, 9.17) is 5.73 Å². The predicted molar refractivity (Wildman–Crippen MR) is 78.9 cm³/mol. The maximum absolute atomic E-state index is 13.2. The Balaban J connectivity index is 1.78. The molecular formula is C16H15FN4. The molecule has 106 valence electrons. The van der Waals surface area contributed by atoms with Crippen LogP contribution in [0, 0.1) is 5.82 Å². The Bertz CT molecular complexity index is 724. The van der Waals surface area contributed by atoms with Crippen LogP contribution in [0.1, 0.15) is 17.4 Å². The zero-order chi connectivity index (χ0) is 14.7. The highest BCUT2D eigenvalue weighted by atomic mass is 19.1. The van der Waals surface area contributed by atoms with Crippen molar-refractivity contribution in [3.63, 3.8) is 0 Å². The van der Waals surface area contributed by atoms with E-state index in [0.717, 1.165) is 5.56 Å². The van der Waals surface area contributed by atoms with Crippen molar-refractivity contribution in [3.8, 4) is 11.4 Å². The Labute approximate surface area is 121 Å². The van der Waals surface area contributed by atoms with Crippen LogP contribution in [0.25, 0.3) is 11.4 Å². The molecule has 21 heavy (non-hydrogen) atoms. The van der Waals surface area contributed by atoms with Gasteiger partial charge in [-0.25, -0.2) is 9.37 Å². The molecule has 3 N–H and O–H groups in total. The van der Waals surface area contributed by atoms with Crippen LogP contribution in [0.5, 0.6) is 0 Å². The summed E-state index contributed by atoms with van der Waals surface area (Å²) in [6, 6.07) is 15.8. The minimum absolute atomic E-state index is 0.276. The lowest BCUT2D eigenvalue weighted by Crippen LogP contribution is -2.15. The third-order valence-corrected chi connectivity index (χ3v) is 3.24. The Morgan fingerprint density at radius 3 is 2.67 bits per heavy atom. The van der Waals surface area contributed by atoms with Crippen LogP contribution in [0.15, 0.2) is 54.6 Å². The van der Waals surface area contributed by atoms with E-state index >= 15 is 0 Å². The molecule has 0 radical (unpaired) electrons. The van der Waals surface area contributed by atoms with Gasteiger partial charge in [0.2, 0.25) is 0 Å². The number of benzene rings is 2. The van der Waals surface area contributed by atoms with Gasteiger partial charge in [-0.2, -0.15) is 5.10 Å². The number of hydrogen-bond acceptors (Lipinski definition) is 3. The lowest BCUT2D eigenvalue weighted by Gasteiger charge is -2.07. The third kappa shape index (κ3) is 3.14. The molecule has 2 aromatic carbocycles. The summed E-state index contributed by atoms with van der Waals surface area (Å²) in [4.78, 5) is 4.36. The van der Waals surface area contributed by atoms with E-state index in [9.17, 15) is 4.39 Å². The molecule has 1 aromatic heterocycles. The molecule has 0 amide bonds. The number of nitrogens with one attached hydrogen (secondary N) is 1. The third-order valence-electron chi connectivity index (χ3n) is 3.24. The molecule has 0 aliphatic heterocycles. The van der Waals surface area contributed by atoms with Crippen LogP contribution in [-0.4, -0.2) is 15.2 Å².